The summed E-state index contributed by atoms with van der Waals surface area (Å²) < 4.78 is 11.2. The van der Waals surface area contributed by atoms with Gasteiger partial charge < -0.3 is 14.8 Å². The second kappa shape index (κ2) is 7.62. The Morgan fingerprint density at radius 2 is 1.83 bits per heavy atom. The molecule has 5 heteroatoms. The molecule has 0 aliphatic carbocycles. The smallest absolute Gasteiger partial charge is 0.251 e. The number of carbonyl (C=O) groups is 1. The van der Waals surface area contributed by atoms with Gasteiger partial charge in [-0.05, 0) is 61.4 Å². The van der Waals surface area contributed by atoms with Gasteiger partial charge in [0.05, 0.1) is 17.7 Å². The minimum atomic E-state index is -0.115. The number of carbonyl (C=O) groups excluding carboxylic acids is 1. The number of nitrogens with one attached hydrogen (secondary N) is 1. The van der Waals surface area contributed by atoms with Gasteiger partial charge in [0.1, 0.15) is 11.5 Å². The maximum atomic E-state index is 12.1. The van der Waals surface area contributed by atoms with E-state index in [4.69, 9.17) is 14.7 Å². The van der Waals surface area contributed by atoms with Gasteiger partial charge in [0.25, 0.3) is 5.91 Å². The number of benzene rings is 2. The molecule has 1 fully saturated rings. The Morgan fingerprint density at radius 3 is 2.42 bits per heavy atom. The van der Waals surface area contributed by atoms with Gasteiger partial charge in [-0.15, -0.1) is 0 Å². The lowest BCUT2D eigenvalue weighted by Gasteiger charge is -2.11. The zero-order chi connectivity index (χ0) is 16.8. The summed E-state index contributed by atoms with van der Waals surface area (Å²) >= 11 is 0. The molecule has 122 valence electrons. The molecule has 2 aromatic carbocycles. The van der Waals surface area contributed by atoms with E-state index in [2.05, 4.69) is 11.4 Å². The van der Waals surface area contributed by atoms with Crippen LogP contribution < -0.4 is 10.1 Å². The topological polar surface area (TPSA) is 71.3 Å². The van der Waals surface area contributed by atoms with E-state index in [0.717, 1.165) is 19.4 Å². The first-order chi connectivity index (χ1) is 11.7. The molecule has 1 heterocycles. The summed E-state index contributed by atoms with van der Waals surface area (Å²) in [6.07, 6.45) is 2.19. The molecule has 1 atom stereocenters. The third-order valence-electron chi connectivity index (χ3n) is 3.85. The number of ether oxygens (including phenoxy) is 2. The predicted molar refractivity (Wildman–Crippen MR) is 89.0 cm³/mol. The van der Waals surface area contributed by atoms with Gasteiger partial charge in [-0.1, -0.05) is 0 Å². The molecule has 0 spiro atoms. The zero-order valence-electron chi connectivity index (χ0n) is 13.2. The largest absolute Gasteiger partial charge is 0.457 e. The lowest BCUT2D eigenvalue weighted by atomic mass is 10.2. The Balaban J connectivity index is 1.55. The van der Waals surface area contributed by atoms with Gasteiger partial charge in [-0.3, -0.25) is 4.79 Å². The Morgan fingerprint density at radius 1 is 1.17 bits per heavy atom. The van der Waals surface area contributed by atoms with Crippen molar-refractivity contribution >= 4 is 5.91 Å². The van der Waals surface area contributed by atoms with Gasteiger partial charge in [0, 0.05) is 18.7 Å². The Kier molecular flexibility index (Phi) is 5.09. The van der Waals surface area contributed by atoms with Crippen LogP contribution in [0.2, 0.25) is 0 Å². The summed E-state index contributed by atoms with van der Waals surface area (Å²) in [4.78, 5) is 12.1. The third-order valence-corrected chi connectivity index (χ3v) is 3.85. The lowest BCUT2D eigenvalue weighted by molar-refractivity contribution is 0.0858. The molecule has 1 N–H and O–H groups in total. The molecule has 24 heavy (non-hydrogen) atoms. The van der Waals surface area contributed by atoms with Crippen molar-refractivity contribution in [3.05, 3.63) is 59.7 Å². The van der Waals surface area contributed by atoms with Crippen LogP contribution in [0.3, 0.4) is 0 Å². The Hall–Kier alpha value is -2.84. The molecule has 0 saturated carbocycles. The molecule has 1 amide bonds. The van der Waals surface area contributed by atoms with Crippen LogP contribution in [0.15, 0.2) is 48.5 Å². The molecular weight excluding hydrogens is 304 g/mol. The second-order valence-corrected chi connectivity index (χ2v) is 5.61. The zero-order valence-corrected chi connectivity index (χ0v) is 13.2. The minimum absolute atomic E-state index is 0.115. The summed E-state index contributed by atoms with van der Waals surface area (Å²) in [7, 11) is 0. The van der Waals surface area contributed by atoms with E-state index in [1.165, 1.54) is 0 Å². The van der Waals surface area contributed by atoms with Crippen LogP contribution in [-0.2, 0) is 4.74 Å². The predicted octanol–water partition coefficient (Wildman–Crippen LogP) is 3.26. The fourth-order valence-corrected chi connectivity index (χ4v) is 2.52. The first-order valence-electron chi connectivity index (χ1n) is 7.92. The van der Waals surface area contributed by atoms with Crippen LogP contribution in [0, 0.1) is 11.3 Å². The molecule has 5 nitrogen and oxygen atoms in total. The summed E-state index contributed by atoms with van der Waals surface area (Å²) in [5.41, 5.74) is 1.17. The second-order valence-electron chi connectivity index (χ2n) is 5.61. The number of nitrogens with zero attached hydrogens (tertiary/aromatic N) is 1. The Bertz CT molecular complexity index is 727. The number of amides is 1. The van der Waals surface area contributed by atoms with Crippen molar-refractivity contribution in [3.8, 4) is 17.6 Å². The highest BCUT2D eigenvalue weighted by Gasteiger charge is 2.16. The van der Waals surface area contributed by atoms with Crippen LogP contribution in [0.5, 0.6) is 11.5 Å². The van der Waals surface area contributed by atoms with E-state index in [-0.39, 0.29) is 12.0 Å². The summed E-state index contributed by atoms with van der Waals surface area (Å²) in [6, 6.07) is 15.9. The monoisotopic (exact) mass is 322 g/mol. The van der Waals surface area contributed by atoms with E-state index < -0.39 is 0 Å². The fraction of sp³-hybridized carbons (Fsp3) is 0.263. The van der Waals surface area contributed by atoms with Gasteiger partial charge in [-0.2, -0.15) is 5.26 Å². The molecule has 1 saturated heterocycles. The molecule has 1 aliphatic heterocycles. The fourth-order valence-electron chi connectivity index (χ4n) is 2.52. The first kappa shape index (κ1) is 16.0. The lowest BCUT2D eigenvalue weighted by Crippen LogP contribution is -2.31. The van der Waals surface area contributed by atoms with E-state index >= 15 is 0 Å². The van der Waals surface area contributed by atoms with Gasteiger partial charge in [0.15, 0.2) is 0 Å². The SMILES string of the molecule is N#Cc1ccc(Oc2ccc(C(=O)NC[C@@H]3CCCO3)cc2)cc1. The van der Waals surface area contributed by atoms with Crippen molar-refractivity contribution in [1.82, 2.24) is 5.32 Å². The number of hydrogen-bond donors (Lipinski definition) is 1. The molecule has 3 rings (SSSR count). The van der Waals surface area contributed by atoms with Crippen LogP contribution in [0.4, 0.5) is 0 Å². The van der Waals surface area contributed by atoms with Crippen LogP contribution in [0.25, 0.3) is 0 Å². The van der Waals surface area contributed by atoms with Crippen LogP contribution in [0.1, 0.15) is 28.8 Å². The highest BCUT2D eigenvalue weighted by molar-refractivity contribution is 5.94. The summed E-state index contributed by atoms with van der Waals surface area (Å²) in [5.74, 6) is 1.16. The van der Waals surface area contributed by atoms with E-state index in [9.17, 15) is 4.79 Å². The van der Waals surface area contributed by atoms with Crippen molar-refractivity contribution in [2.75, 3.05) is 13.2 Å². The molecule has 0 bridgehead atoms. The van der Waals surface area contributed by atoms with Crippen molar-refractivity contribution in [2.45, 2.75) is 18.9 Å². The van der Waals surface area contributed by atoms with E-state index in [0.29, 0.717) is 29.2 Å². The maximum absolute atomic E-state index is 12.1. The average Bonchev–Trinajstić information content (AvgIpc) is 3.14. The van der Waals surface area contributed by atoms with E-state index in [1.807, 2.05) is 0 Å². The number of nitriles is 1. The van der Waals surface area contributed by atoms with Crippen LogP contribution in [-0.4, -0.2) is 25.2 Å². The quantitative estimate of drug-likeness (QED) is 0.917. The standard InChI is InChI=1S/C19H18N2O3/c20-12-14-3-7-16(8-4-14)24-17-9-5-15(6-10-17)19(22)21-13-18-2-1-11-23-18/h3-10,18H,1-2,11,13H2,(H,21,22)/t18-/m0/s1. The highest BCUT2D eigenvalue weighted by atomic mass is 16.5. The third kappa shape index (κ3) is 4.12. The van der Waals surface area contributed by atoms with Crippen molar-refractivity contribution in [1.29, 1.82) is 5.26 Å². The minimum Gasteiger partial charge on any atom is -0.457 e. The van der Waals surface area contributed by atoms with Gasteiger partial charge in [0.2, 0.25) is 0 Å². The number of hydrogen-bond acceptors (Lipinski definition) is 4. The van der Waals surface area contributed by atoms with Crippen molar-refractivity contribution in [3.63, 3.8) is 0 Å². The average molecular weight is 322 g/mol. The highest BCUT2D eigenvalue weighted by Crippen LogP contribution is 2.22. The molecular formula is C19H18N2O3. The summed E-state index contributed by atoms with van der Waals surface area (Å²) in [6.45, 7) is 1.32. The summed E-state index contributed by atoms with van der Waals surface area (Å²) in [5, 5.41) is 11.7. The van der Waals surface area contributed by atoms with Gasteiger partial charge in [-0.25, -0.2) is 0 Å². The number of rotatable bonds is 5. The molecule has 1 aliphatic rings. The normalized spacial score (nSPS) is 16.4. The Labute approximate surface area is 140 Å². The van der Waals surface area contributed by atoms with Crippen molar-refractivity contribution < 1.29 is 14.3 Å². The first-order valence-corrected chi connectivity index (χ1v) is 7.92. The maximum Gasteiger partial charge on any atom is 0.251 e. The van der Waals surface area contributed by atoms with Crippen LogP contribution >= 0.6 is 0 Å². The van der Waals surface area contributed by atoms with E-state index in [1.54, 1.807) is 48.5 Å². The van der Waals surface area contributed by atoms with Gasteiger partial charge >= 0.3 is 0 Å². The molecule has 0 radical (unpaired) electrons. The molecule has 2 aromatic rings. The molecule has 0 unspecified atom stereocenters. The van der Waals surface area contributed by atoms with Crippen molar-refractivity contribution in [2.24, 2.45) is 0 Å². The molecule has 0 aromatic heterocycles.